The molecule has 1 unspecified atom stereocenters. The topological polar surface area (TPSA) is 120 Å². The van der Waals surface area contributed by atoms with Crippen molar-refractivity contribution < 1.29 is 31.6 Å². The summed E-state index contributed by atoms with van der Waals surface area (Å²) in [7, 11) is -3.90. The van der Waals surface area contributed by atoms with E-state index in [2.05, 4.69) is 5.32 Å². The van der Waals surface area contributed by atoms with Crippen LogP contribution in [0.2, 0.25) is 0 Å². The predicted octanol–water partition coefficient (Wildman–Crippen LogP) is 0.719. The minimum absolute atomic E-state index is 0.00877. The molecule has 10 nitrogen and oxygen atoms in total. The largest absolute Gasteiger partial charge is 0.466 e. The molecule has 2 saturated heterocycles. The van der Waals surface area contributed by atoms with Crippen molar-refractivity contribution in [3.8, 4) is 0 Å². The maximum Gasteiger partial charge on any atom is 0.325 e. The standard InChI is InChI=1S/C20H21FN4O6S/c1-20(16-6-3-11-31-16)18(27)25(19(28)22-20)13-17(26)23-7-9-24(10-8-23)32(29,30)15-5-2-4-14(21)12-15/h2-6,11-12H,7-10,13H2,1H3,(H,22,28). The van der Waals surface area contributed by atoms with Crippen molar-refractivity contribution in [2.24, 2.45) is 0 Å². The van der Waals surface area contributed by atoms with E-state index in [9.17, 15) is 27.2 Å². The Morgan fingerprint density at radius 1 is 1.16 bits per heavy atom. The van der Waals surface area contributed by atoms with E-state index in [-0.39, 0.29) is 36.8 Å². The Hall–Kier alpha value is -3.25. The van der Waals surface area contributed by atoms with E-state index in [4.69, 9.17) is 4.42 Å². The molecule has 1 aromatic heterocycles. The smallest absolute Gasteiger partial charge is 0.325 e. The van der Waals surface area contributed by atoms with Gasteiger partial charge in [0.2, 0.25) is 15.9 Å². The van der Waals surface area contributed by atoms with Crippen LogP contribution in [-0.4, -0.2) is 73.1 Å². The second-order valence-electron chi connectivity index (χ2n) is 7.67. The molecule has 0 saturated carbocycles. The molecular weight excluding hydrogens is 443 g/mol. The molecule has 4 rings (SSSR count). The quantitative estimate of drug-likeness (QED) is 0.651. The normalized spacial score (nSPS) is 22.3. The number of hydrogen-bond acceptors (Lipinski definition) is 6. The third-order valence-corrected chi connectivity index (χ3v) is 7.50. The molecule has 0 spiro atoms. The Labute approximate surface area is 183 Å². The van der Waals surface area contributed by atoms with Gasteiger partial charge in [-0.2, -0.15) is 4.31 Å². The van der Waals surface area contributed by atoms with Crippen LogP contribution in [0.3, 0.4) is 0 Å². The number of benzene rings is 1. The molecule has 2 aliphatic rings. The zero-order valence-corrected chi connectivity index (χ0v) is 18.0. The molecular formula is C20H21FN4O6S. The number of halogens is 1. The van der Waals surface area contributed by atoms with Gasteiger partial charge < -0.3 is 14.6 Å². The van der Waals surface area contributed by atoms with Gasteiger partial charge in [0.05, 0.1) is 11.2 Å². The van der Waals surface area contributed by atoms with Gasteiger partial charge >= 0.3 is 6.03 Å². The highest BCUT2D eigenvalue weighted by Gasteiger charge is 2.51. The van der Waals surface area contributed by atoms with E-state index < -0.39 is 45.8 Å². The summed E-state index contributed by atoms with van der Waals surface area (Å²) < 4.78 is 45.3. The molecule has 4 amide bonds. The van der Waals surface area contributed by atoms with E-state index >= 15 is 0 Å². The molecule has 0 radical (unpaired) electrons. The van der Waals surface area contributed by atoms with Gasteiger partial charge in [-0.05, 0) is 37.3 Å². The molecule has 1 atom stereocenters. The van der Waals surface area contributed by atoms with Crippen LogP contribution < -0.4 is 5.32 Å². The number of sulfonamides is 1. The zero-order valence-electron chi connectivity index (χ0n) is 17.2. The van der Waals surface area contributed by atoms with Gasteiger partial charge in [-0.15, -0.1) is 0 Å². The van der Waals surface area contributed by atoms with Crippen molar-refractivity contribution in [1.82, 2.24) is 19.4 Å². The average molecular weight is 464 g/mol. The minimum atomic E-state index is -3.90. The molecule has 0 aliphatic carbocycles. The number of rotatable bonds is 5. The molecule has 170 valence electrons. The van der Waals surface area contributed by atoms with Crippen LogP contribution in [0.4, 0.5) is 9.18 Å². The van der Waals surface area contributed by atoms with E-state index in [1.165, 1.54) is 34.5 Å². The number of urea groups is 1. The van der Waals surface area contributed by atoms with Crippen LogP contribution in [0.5, 0.6) is 0 Å². The lowest BCUT2D eigenvalue weighted by molar-refractivity contribution is -0.139. The summed E-state index contributed by atoms with van der Waals surface area (Å²) in [4.78, 5) is 39.9. The van der Waals surface area contributed by atoms with Crippen LogP contribution >= 0.6 is 0 Å². The maximum atomic E-state index is 13.4. The van der Waals surface area contributed by atoms with Crippen molar-refractivity contribution in [1.29, 1.82) is 0 Å². The average Bonchev–Trinajstić information content (AvgIpc) is 3.38. The lowest BCUT2D eigenvalue weighted by Crippen LogP contribution is -2.53. The number of furan rings is 1. The summed E-state index contributed by atoms with van der Waals surface area (Å²) in [5.41, 5.74) is -1.40. The molecule has 0 bridgehead atoms. The first-order valence-electron chi connectivity index (χ1n) is 9.84. The first kappa shape index (κ1) is 22.0. The minimum Gasteiger partial charge on any atom is -0.466 e. The van der Waals surface area contributed by atoms with E-state index in [0.29, 0.717) is 0 Å². The van der Waals surface area contributed by atoms with Crippen LogP contribution in [0, 0.1) is 5.82 Å². The Bertz CT molecular complexity index is 1160. The fraction of sp³-hybridized carbons (Fsp3) is 0.350. The van der Waals surface area contributed by atoms with Gasteiger partial charge in [-0.3, -0.25) is 14.5 Å². The zero-order chi connectivity index (χ0) is 23.1. The number of carbonyl (C=O) groups is 3. The maximum absolute atomic E-state index is 13.4. The molecule has 1 N–H and O–H groups in total. The van der Waals surface area contributed by atoms with E-state index in [1.54, 1.807) is 12.1 Å². The fourth-order valence-corrected chi connectivity index (χ4v) is 5.21. The van der Waals surface area contributed by atoms with Gasteiger partial charge in [0.15, 0.2) is 5.54 Å². The van der Waals surface area contributed by atoms with Crippen molar-refractivity contribution in [3.05, 3.63) is 54.2 Å². The van der Waals surface area contributed by atoms with Crippen molar-refractivity contribution >= 4 is 27.9 Å². The highest BCUT2D eigenvalue weighted by molar-refractivity contribution is 7.89. The molecule has 2 aliphatic heterocycles. The van der Waals surface area contributed by atoms with Crippen LogP contribution in [0.15, 0.2) is 52.0 Å². The Balaban J connectivity index is 1.39. The first-order chi connectivity index (χ1) is 15.1. The number of amides is 4. The Morgan fingerprint density at radius 3 is 2.50 bits per heavy atom. The summed E-state index contributed by atoms with van der Waals surface area (Å²) in [5.74, 6) is -1.50. The number of piperazine rings is 1. The molecule has 32 heavy (non-hydrogen) atoms. The van der Waals surface area contributed by atoms with Crippen molar-refractivity contribution in [2.45, 2.75) is 17.4 Å². The lowest BCUT2D eigenvalue weighted by Gasteiger charge is -2.34. The summed E-state index contributed by atoms with van der Waals surface area (Å²) in [6.07, 6.45) is 1.38. The number of imide groups is 1. The van der Waals surface area contributed by atoms with Crippen molar-refractivity contribution in [2.75, 3.05) is 32.7 Å². The fourth-order valence-electron chi connectivity index (χ4n) is 3.76. The first-order valence-corrected chi connectivity index (χ1v) is 11.3. The molecule has 2 fully saturated rings. The Morgan fingerprint density at radius 2 is 1.88 bits per heavy atom. The monoisotopic (exact) mass is 464 g/mol. The number of carbonyl (C=O) groups excluding carboxylic acids is 3. The number of nitrogens with zero attached hydrogens (tertiary/aromatic N) is 3. The summed E-state index contributed by atoms with van der Waals surface area (Å²) in [5, 5.41) is 2.55. The van der Waals surface area contributed by atoms with Crippen molar-refractivity contribution in [3.63, 3.8) is 0 Å². The third-order valence-electron chi connectivity index (χ3n) is 5.61. The summed E-state index contributed by atoms with van der Waals surface area (Å²) in [6, 6.07) is 7.16. The second kappa shape index (κ2) is 8.02. The predicted molar refractivity (Wildman–Crippen MR) is 108 cm³/mol. The molecule has 1 aromatic carbocycles. The highest BCUT2D eigenvalue weighted by Crippen LogP contribution is 2.29. The molecule has 12 heteroatoms. The van der Waals surface area contributed by atoms with Crippen LogP contribution in [0.25, 0.3) is 0 Å². The summed E-state index contributed by atoms with van der Waals surface area (Å²) in [6.45, 7) is 1.19. The summed E-state index contributed by atoms with van der Waals surface area (Å²) >= 11 is 0. The highest BCUT2D eigenvalue weighted by atomic mass is 32.2. The van der Waals surface area contributed by atoms with E-state index in [1.807, 2.05) is 0 Å². The van der Waals surface area contributed by atoms with Gasteiger partial charge in [0, 0.05) is 26.2 Å². The van der Waals surface area contributed by atoms with Gasteiger partial charge in [-0.1, -0.05) is 6.07 Å². The number of hydrogen-bond donors (Lipinski definition) is 1. The van der Waals surface area contributed by atoms with E-state index in [0.717, 1.165) is 17.0 Å². The van der Waals surface area contributed by atoms with Crippen LogP contribution in [0.1, 0.15) is 12.7 Å². The van der Waals surface area contributed by atoms with Gasteiger partial charge in [0.25, 0.3) is 5.91 Å². The molecule has 2 aromatic rings. The van der Waals surface area contributed by atoms with Gasteiger partial charge in [0.1, 0.15) is 18.1 Å². The third kappa shape index (κ3) is 3.75. The Kier molecular flexibility index (Phi) is 5.51. The molecule has 3 heterocycles. The van der Waals surface area contributed by atoms with Crippen LogP contribution in [-0.2, 0) is 25.2 Å². The SMILES string of the molecule is CC1(c2ccco2)NC(=O)N(CC(=O)N2CCN(S(=O)(=O)c3cccc(F)c3)CC2)C1=O. The van der Waals surface area contributed by atoms with Gasteiger partial charge in [-0.25, -0.2) is 17.6 Å². The second-order valence-corrected chi connectivity index (χ2v) is 9.60. The number of nitrogens with one attached hydrogen (secondary N) is 1. The lowest BCUT2D eigenvalue weighted by atomic mass is 9.99.